The van der Waals surface area contributed by atoms with Crippen molar-refractivity contribution in [3.63, 3.8) is 0 Å². The Bertz CT molecular complexity index is 305. The Morgan fingerprint density at radius 3 is 2.60 bits per heavy atom. The predicted octanol–water partition coefficient (Wildman–Crippen LogP) is 3.58. The molecule has 1 nitrogen and oxygen atoms in total. The molecule has 0 aromatic heterocycles. The Labute approximate surface area is 95.1 Å². The quantitative estimate of drug-likeness (QED) is 0.848. The number of halogens is 3. The van der Waals surface area contributed by atoms with E-state index < -0.39 is 17.7 Å². The van der Waals surface area contributed by atoms with Crippen molar-refractivity contribution in [2.24, 2.45) is 5.73 Å². The lowest BCUT2D eigenvalue weighted by Crippen LogP contribution is -2.12. The number of rotatable bonds is 4. The minimum Gasteiger partial charge on any atom is -0.324 e. The monoisotopic (exact) mass is 235 g/mol. The van der Waals surface area contributed by atoms with E-state index in [2.05, 4.69) is 0 Å². The highest BCUT2D eigenvalue weighted by molar-refractivity contribution is 5.85. The molecule has 86 valence electrons. The fourth-order valence-corrected chi connectivity index (χ4v) is 1.38. The zero-order chi connectivity index (χ0) is 10.6. The molecule has 0 aliphatic rings. The first-order chi connectivity index (χ1) is 6.65. The largest absolute Gasteiger partial charge is 0.324 e. The standard InChI is InChI=1S/C11H15F2N.ClH/c1-2-3-4-11(14)9-7-8(12)5-6-10(9)13;/h5-7,11H,2-4,14H2,1H3;1H/t11-;/m1./s1. The molecule has 4 heteroatoms. The Balaban J connectivity index is 0.00000196. The highest BCUT2D eigenvalue weighted by atomic mass is 35.5. The van der Waals surface area contributed by atoms with E-state index in [-0.39, 0.29) is 18.0 Å². The third-order valence-corrected chi connectivity index (χ3v) is 2.23. The van der Waals surface area contributed by atoms with Crippen molar-refractivity contribution in [1.82, 2.24) is 0 Å². The number of unbranched alkanes of at least 4 members (excludes halogenated alkanes) is 1. The zero-order valence-corrected chi connectivity index (χ0v) is 9.49. The van der Waals surface area contributed by atoms with Gasteiger partial charge in [0.25, 0.3) is 0 Å². The first kappa shape index (κ1) is 14.3. The molecule has 15 heavy (non-hydrogen) atoms. The molecular weight excluding hydrogens is 220 g/mol. The fourth-order valence-electron chi connectivity index (χ4n) is 1.38. The molecule has 0 aliphatic heterocycles. The molecule has 0 radical (unpaired) electrons. The van der Waals surface area contributed by atoms with Gasteiger partial charge in [0, 0.05) is 11.6 Å². The second-order valence-electron chi connectivity index (χ2n) is 3.41. The van der Waals surface area contributed by atoms with Crippen LogP contribution >= 0.6 is 12.4 Å². The summed E-state index contributed by atoms with van der Waals surface area (Å²) in [4.78, 5) is 0. The van der Waals surface area contributed by atoms with Gasteiger partial charge < -0.3 is 5.73 Å². The molecule has 1 aromatic carbocycles. The molecule has 0 saturated heterocycles. The van der Waals surface area contributed by atoms with Crippen LogP contribution in [0.1, 0.15) is 37.8 Å². The van der Waals surface area contributed by atoms with E-state index in [9.17, 15) is 8.78 Å². The molecule has 0 amide bonds. The van der Waals surface area contributed by atoms with Gasteiger partial charge in [-0.25, -0.2) is 8.78 Å². The molecule has 0 spiro atoms. The van der Waals surface area contributed by atoms with Crippen molar-refractivity contribution in [3.8, 4) is 0 Å². The number of benzene rings is 1. The van der Waals surface area contributed by atoms with E-state index in [0.29, 0.717) is 6.42 Å². The molecule has 0 bridgehead atoms. The maximum absolute atomic E-state index is 13.2. The summed E-state index contributed by atoms with van der Waals surface area (Å²) in [6, 6.07) is 3.00. The van der Waals surface area contributed by atoms with Crippen molar-refractivity contribution in [2.75, 3.05) is 0 Å². The summed E-state index contributed by atoms with van der Waals surface area (Å²) >= 11 is 0. The Kier molecular flexibility index (Phi) is 6.45. The van der Waals surface area contributed by atoms with Gasteiger partial charge in [-0.3, -0.25) is 0 Å². The van der Waals surface area contributed by atoms with Gasteiger partial charge in [-0.2, -0.15) is 0 Å². The maximum Gasteiger partial charge on any atom is 0.128 e. The maximum atomic E-state index is 13.2. The van der Waals surface area contributed by atoms with Gasteiger partial charge in [0.1, 0.15) is 11.6 Å². The van der Waals surface area contributed by atoms with Crippen LogP contribution in [-0.2, 0) is 0 Å². The lowest BCUT2D eigenvalue weighted by atomic mass is 10.0. The topological polar surface area (TPSA) is 26.0 Å². The van der Waals surface area contributed by atoms with Gasteiger partial charge in [-0.05, 0) is 24.6 Å². The highest BCUT2D eigenvalue weighted by Gasteiger charge is 2.11. The summed E-state index contributed by atoms with van der Waals surface area (Å²) in [5.41, 5.74) is 6.02. The summed E-state index contributed by atoms with van der Waals surface area (Å²) in [6.07, 6.45) is 2.62. The smallest absolute Gasteiger partial charge is 0.128 e. The summed E-state index contributed by atoms with van der Waals surface area (Å²) in [7, 11) is 0. The zero-order valence-electron chi connectivity index (χ0n) is 8.67. The Hall–Kier alpha value is -0.670. The molecule has 1 rings (SSSR count). The molecule has 0 heterocycles. The SMILES string of the molecule is CCCC[C@@H](N)c1cc(F)ccc1F.Cl. The molecule has 2 N–H and O–H groups in total. The van der Waals surface area contributed by atoms with E-state index in [1.54, 1.807) is 0 Å². The van der Waals surface area contributed by atoms with Gasteiger partial charge in [-0.1, -0.05) is 19.8 Å². The number of nitrogens with two attached hydrogens (primary N) is 1. The van der Waals surface area contributed by atoms with Crippen LogP contribution in [0.4, 0.5) is 8.78 Å². The summed E-state index contributed by atoms with van der Waals surface area (Å²) < 4.78 is 26.0. The fraction of sp³-hybridized carbons (Fsp3) is 0.455. The summed E-state index contributed by atoms with van der Waals surface area (Å²) in [5, 5.41) is 0. The van der Waals surface area contributed by atoms with Crippen molar-refractivity contribution in [2.45, 2.75) is 32.2 Å². The first-order valence-corrected chi connectivity index (χ1v) is 4.85. The van der Waals surface area contributed by atoms with E-state index >= 15 is 0 Å². The van der Waals surface area contributed by atoms with Crippen LogP contribution in [0.25, 0.3) is 0 Å². The lowest BCUT2D eigenvalue weighted by Gasteiger charge is -2.12. The predicted molar refractivity (Wildman–Crippen MR) is 60.1 cm³/mol. The van der Waals surface area contributed by atoms with Gasteiger partial charge in [0.05, 0.1) is 0 Å². The van der Waals surface area contributed by atoms with Crippen molar-refractivity contribution in [1.29, 1.82) is 0 Å². The molecule has 0 saturated carbocycles. The molecule has 0 fully saturated rings. The molecule has 1 aromatic rings. The first-order valence-electron chi connectivity index (χ1n) is 4.85. The van der Waals surface area contributed by atoms with Gasteiger partial charge in [0.15, 0.2) is 0 Å². The third-order valence-electron chi connectivity index (χ3n) is 2.23. The van der Waals surface area contributed by atoms with Crippen LogP contribution in [0, 0.1) is 11.6 Å². The molecule has 0 aliphatic carbocycles. The minimum atomic E-state index is -0.437. The molecule has 0 unspecified atom stereocenters. The number of hydrogen-bond donors (Lipinski definition) is 1. The normalized spacial score (nSPS) is 12.0. The second kappa shape index (κ2) is 6.75. The van der Waals surface area contributed by atoms with Crippen LogP contribution in [0.15, 0.2) is 18.2 Å². The van der Waals surface area contributed by atoms with Crippen molar-refractivity contribution >= 4 is 12.4 Å². The van der Waals surface area contributed by atoms with Crippen molar-refractivity contribution in [3.05, 3.63) is 35.4 Å². The number of hydrogen-bond acceptors (Lipinski definition) is 1. The average Bonchev–Trinajstić information content (AvgIpc) is 2.18. The van der Waals surface area contributed by atoms with Crippen molar-refractivity contribution < 1.29 is 8.78 Å². The highest BCUT2D eigenvalue weighted by Crippen LogP contribution is 2.20. The van der Waals surface area contributed by atoms with Crippen LogP contribution in [0.2, 0.25) is 0 Å². The van der Waals surface area contributed by atoms with E-state index in [1.165, 1.54) is 6.07 Å². The van der Waals surface area contributed by atoms with E-state index in [0.717, 1.165) is 25.0 Å². The van der Waals surface area contributed by atoms with Crippen LogP contribution < -0.4 is 5.73 Å². The van der Waals surface area contributed by atoms with Crippen LogP contribution in [0.3, 0.4) is 0 Å². The van der Waals surface area contributed by atoms with E-state index in [4.69, 9.17) is 5.73 Å². The Morgan fingerprint density at radius 1 is 1.33 bits per heavy atom. The lowest BCUT2D eigenvalue weighted by molar-refractivity contribution is 0.535. The van der Waals surface area contributed by atoms with Crippen LogP contribution in [0.5, 0.6) is 0 Å². The average molecular weight is 236 g/mol. The second-order valence-corrected chi connectivity index (χ2v) is 3.41. The molecular formula is C11H16ClF2N. The van der Waals surface area contributed by atoms with Crippen LogP contribution in [-0.4, -0.2) is 0 Å². The van der Waals surface area contributed by atoms with Gasteiger partial charge in [-0.15, -0.1) is 12.4 Å². The summed E-state index contributed by atoms with van der Waals surface area (Å²) in [5.74, 6) is -0.858. The third kappa shape index (κ3) is 4.14. The van der Waals surface area contributed by atoms with Gasteiger partial charge >= 0.3 is 0 Å². The van der Waals surface area contributed by atoms with Gasteiger partial charge in [0.2, 0.25) is 0 Å². The molecule has 1 atom stereocenters. The minimum absolute atomic E-state index is 0. The Morgan fingerprint density at radius 2 is 2.00 bits per heavy atom. The van der Waals surface area contributed by atoms with E-state index in [1.807, 2.05) is 6.92 Å². The summed E-state index contributed by atoms with van der Waals surface area (Å²) in [6.45, 7) is 2.04.